The van der Waals surface area contributed by atoms with E-state index >= 15 is 0 Å². The van der Waals surface area contributed by atoms with E-state index in [9.17, 15) is 4.79 Å². The first-order chi connectivity index (χ1) is 7.04. The Balaban J connectivity index is 0. The number of hydrogen-bond acceptors (Lipinski definition) is 2. The summed E-state index contributed by atoms with van der Waals surface area (Å²) in [6.07, 6.45) is 2.56. The third-order valence-electron chi connectivity index (χ3n) is 2.04. The topological polar surface area (TPSA) is 38.3 Å². The van der Waals surface area contributed by atoms with Gasteiger partial charge >= 0.3 is 0 Å². The van der Waals surface area contributed by atoms with E-state index in [-0.39, 0.29) is 13.3 Å². The van der Waals surface area contributed by atoms with Gasteiger partial charge in [0.05, 0.1) is 0 Å². The highest BCUT2D eigenvalue weighted by molar-refractivity contribution is 5.77. The standard InChI is InChI=1S/C8H17NO.C4H8O.H2/c1-6(2)5-9-8(10)7(3)4;1-2-4-5-3-1;/h6-7H,5H2,1-4H3,(H,9,10);1-4H2;1H. The Morgan fingerprint density at radius 2 is 1.80 bits per heavy atom. The molecule has 0 atom stereocenters. The average Bonchev–Trinajstić information content (AvgIpc) is 2.71. The molecule has 1 aliphatic heterocycles. The summed E-state index contributed by atoms with van der Waals surface area (Å²) < 4.78 is 4.94. The van der Waals surface area contributed by atoms with Crippen molar-refractivity contribution >= 4 is 5.91 Å². The highest BCUT2D eigenvalue weighted by atomic mass is 16.5. The largest absolute Gasteiger partial charge is 0.381 e. The summed E-state index contributed by atoms with van der Waals surface area (Å²) in [7, 11) is 0. The lowest BCUT2D eigenvalue weighted by Gasteiger charge is -2.08. The average molecular weight is 217 g/mol. The van der Waals surface area contributed by atoms with E-state index in [0.29, 0.717) is 5.92 Å². The molecule has 92 valence electrons. The molecule has 0 aromatic rings. The maximum Gasteiger partial charge on any atom is 0.222 e. The lowest BCUT2D eigenvalue weighted by molar-refractivity contribution is -0.124. The summed E-state index contributed by atoms with van der Waals surface area (Å²) in [6.45, 7) is 10.8. The van der Waals surface area contributed by atoms with Crippen molar-refractivity contribution in [2.45, 2.75) is 40.5 Å². The van der Waals surface area contributed by atoms with Crippen LogP contribution in [0.15, 0.2) is 0 Å². The zero-order chi connectivity index (χ0) is 11.7. The van der Waals surface area contributed by atoms with Crippen LogP contribution in [0.2, 0.25) is 0 Å². The molecule has 0 aromatic heterocycles. The van der Waals surface area contributed by atoms with Crippen molar-refractivity contribution in [2.24, 2.45) is 11.8 Å². The number of nitrogens with one attached hydrogen (secondary N) is 1. The predicted octanol–water partition coefficient (Wildman–Crippen LogP) is 2.46. The molecule has 1 N–H and O–H groups in total. The van der Waals surface area contributed by atoms with Crippen LogP contribution in [0.4, 0.5) is 0 Å². The van der Waals surface area contributed by atoms with Gasteiger partial charge in [-0.15, -0.1) is 0 Å². The van der Waals surface area contributed by atoms with Gasteiger partial charge in [-0.3, -0.25) is 4.79 Å². The number of rotatable bonds is 3. The number of amides is 1. The van der Waals surface area contributed by atoms with Crippen molar-refractivity contribution in [1.82, 2.24) is 5.32 Å². The molecule has 0 aliphatic carbocycles. The Kier molecular flexibility index (Phi) is 8.38. The van der Waals surface area contributed by atoms with E-state index in [2.05, 4.69) is 19.2 Å². The molecule has 3 heteroatoms. The highest BCUT2D eigenvalue weighted by Gasteiger charge is 2.05. The second-order valence-electron chi connectivity index (χ2n) is 4.61. The molecule has 1 heterocycles. The van der Waals surface area contributed by atoms with Crippen LogP contribution in [0.25, 0.3) is 0 Å². The van der Waals surface area contributed by atoms with E-state index in [4.69, 9.17) is 4.74 Å². The van der Waals surface area contributed by atoms with Crippen LogP contribution >= 0.6 is 0 Å². The van der Waals surface area contributed by atoms with Gasteiger partial charge < -0.3 is 10.1 Å². The normalized spacial score (nSPS) is 15.1. The summed E-state index contributed by atoms with van der Waals surface area (Å²) in [4.78, 5) is 10.9. The molecule has 1 saturated heterocycles. The molecular formula is C12H27NO2. The van der Waals surface area contributed by atoms with Crippen molar-refractivity contribution < 1.29 is 11.0 Å². The Hall–Kier alpha value is -0.570. The maximum atomic E-state index is 10.9. The van der Waals surface area contributed by atoms with Crippen LogP contribution in [0, 0.1) is 11.8 Å². The first kappa shape index (κ1) is 14.4. The molecule has 1 amide bonds. The molecule has 3 nitrogen and oxygen atoms in total. The minimum atomic E-state index is 0. The van der Waals surface area contributed by atoms with Crippen LogP contribution in [-0.4, -0.2) is 25.7 Å². The second kappa shape index (κ2) is 8.72. The fourth-order valence-corrected chi connectivity index (χ4v) is 1.02. The zero-order valence-electron chi connectivity index (χ0n) is 10.5. The number of carbonyl (C=O) groups is 1. The van der Waals surface area contributed by atoms with Crippen LogP contribution in [0.3, 0.4) is 0 Å². The molecular weight excluding hydrogens is 190 g/mol. The fraction of sp³-hybridized carbons (Fsp3) is 0.917. The van der Waals surface area contributed by atoms with Crippen LogP contribution in [-0.2, 0) is 9.53 Å². The van der Waals surface area contributed by atoms with Gasteiger partial charge in [-0.1, -0.05) is 27.7 Å². The van der Waals surface area contributed by atoms with Gasteiger partial charge in [-0.2, -0.15) is 0 Å². The van der Waals surface area contributed by atoms with Gasteiger partial charge in [0.2, 0.25) is 5.91 Å². The minimum absolute atomic E-state index is 0. The summed E-state index contributed by atoms with van der Waals surface area (Å²) in [5.74, 6) is 0.801. The van der Waals surface area contributed by atoms with Crippen molar-refractivity contribution in [1.29, 1.82) is 0 Å². The summed E-state index contributed by atoms with van der Waals surface area (Å²) in [5, 5.41) is 2.84. The van der Waals surface area contributed by atoms with Gasteiger partial charge in [0.15, 0.2) is 0 Å². The lowest BCUT2D eigenvalue weighted by atomic mass is 10.2. The van der Waals surface area contributed by atoms with Crippen LogP contribution in [0.5, 0.6) is 0 Å². The Morgan fingerprint density at radius 1 is 1.27 bits per heavy atom. The van der Waals surface area contributed by atoms with Crippen molar-refractivity contribution in [3.8, 4) is 0 Å². The first-order valence-electron chi connectivity index (χ1n) is 5.89. The lowest BCUT2D eigenvalue weighted by Crippen LogP contribution is -2.30. The van der Waals surface area contributed by atoms with E-state index in [1.54, 1.807) is 0 Å². The Labute approximate surface area is 95.1 Å². The Morgan fingerprint density at radius 3 is 2.07 bits per heavy atom. The first-order valence-corrected chi connectivity index (χ1v) is 5.89. The van der Waals surface area contributed by atoms with Gasteiger partial charge in [-0.05, 0) is 18.8 Å². The SMILES string of the molecule is C1CCOC1.CC(C)CNC(=O)C(C)C.[HH]. The van der Waals surface area contributed by atoms with Crippen LogP contribution < -0.4 is 5.32 Å². The fourth-order valence-electron chi connectivity index (χ4n) is 1.02. The summed E-state index contributed by atoms with van der Waals surface area (Å²) in [6, 6.07) is 0. The summed E-state index contributed by atoms with van der Waals surface area (Å²) >= 11 is 0. The van der Waals surface area contributed by atoms with Gasteiger partial charge in [-0.25, -0.2) is 0 Å². The van der Waals surface area contributed by atoms with E-state index in [0.717, 1.165) is 19.8 Å². The van der Waals surface area contributed by atoms with Crippen molar-refractivity contribution in [3.63, 3.8) is 0 Å². The van der Waals surface area contributed by atoms with E-state index < -0.39 is 0 Å². The van der Waals surface area contributed by atoms with Crippen molar-refractivity contribution in [2.75, 3.05) is 19.8 Å². The molecule has 0 bridgehead atoms. The predicted molar refractivity (Wildman–Crippen MR) is 64.9 cm³/mol. The molecule has 0 spiro atoms. The van der Waals surface area contributed by atoms with Gasteiger partial charge in [0.1, 0.15) is 0 Å². The molecule has 1 rings (SSSR count). The summed E-state index contributed by atoms with van der Waals surface area (Å²) in [5.41, 5.74) is 0. The third kappa shape index (κ3) is 9.73. The molecule has 0 unspecified atom stereocenters. The van der Waals surface area contributed by atoms with Crippen LogP contribution in [0.1, 0.15) is 42.0 Å². The molecule has 15 heavy (non-hydrogen) atoms. The third-order valence-corrected chi connectivity index (χ3v) is 2.04. The highest BCUT2D eigenvalue weighted by Crippen LogP contribution is 1.98. The number of ether oxygens (including phenoxy) is 1. The number of carbonyl (C=O) groups excluding carboxylic acids is 1. The zero-order valence-corrected chi connectivity index (χ0v) is 10.5. The molecule has 0 aromatic carbocycles. The molecule has 1 aliphatic rings. The smallest absolute Gasteiger partial charge is 0.222 e. The second-order valence-corrected chi connectivity index (χ2v) is 4.61. The quantitative estimate of drug-likeness (QED) is 0.788. The monoisotopic (exact) mass is 217 g/mol. The maximum absolute atomic E-state index is 10.9. The minimum Gasteiger partial charge on any atom is -0.381 e. The molecule has 0 radical (unpaired) electrons. The molecule has 0 saturated carbocycles. The van der Waals surface area contributed by atoms with Gasteiger partial charge in [0.25, 0.3) is 0 Å². The van der Waals surface area contributed by atoms with E-state index in [1.165, 1.54) is 12.8 Å². The van der Waals surface area contributed by atoms with Crippen molar-refractivity contribution in [3.05, 3.63) is 0 Å². The van der Waals surface area contributed by atoms with E-state index in [1.807, 2.05) is 13.8 Å². The molecule has 1 fully saturated rings. The number of hydrogen-bond donors (Lipinski definition) is 1. The van der Waals surface area contributed by atoms with Gasteiger partial charge in [0, 0.05) is 27.1 Å². The Bertz CT molecular complexity index is 161.